The molecule has 0 spiro atoms. The number of fused-ring (bicyclic) bond motifs is 2. The summed E-state index contributed by atoms with van der Waals surface area (Å²) in [4.78, 5) is 33.5. The number of amides is 1. The average Bonchev–Trinajstić information content (AvgIpc) is 3.11. The van der Waals surface area contributed by atoms with Gasteiger partial charge in [-0.05, 0) is 64.0 Å². The van der Waals surface area contributed by atoms with Gasteiger partial charge >= 0.3 is 0 Å². The molecular formula is C21H28N4O2S. The summed E-state index contributed by atoms with van der Waals surface area (Å²) in [6, 6.07) is 5.51. The maximum atomic E-state index is 12.8. The number of pyridine rings is 1. The van der Waals surface area contributed by atoms with E-state index in [9.17, 15) is 9.59 Å². The SMILES string of the molecule is CCN(CC)CCC[C@@H](C)NC(=O)c1cc2c(=O)n3cccc(C)c3nc2s1. The second-order valence-corrected chi connectivity index (χ2v) is 8.21. The Labute approximate surface area is 169 Å². The molecule has 0 aliphatic rings. The summed E-state index contributed by atoms with van der Waals surface area (Å²) in [6.07, 6.45) is 3.69. The number of hydrogen-bond donors (Lipinski definition) is 1. The van der Waals surface area contributed by atoms with E-state index in [-0.39, 0.29) is 17.5 Å². The standard InChI is InChI=1S/C21H28N4O2S/c1-5-24(6-2)11-8-10-15(4)22-19(26)17-13-16-20(28-17)23-18-14(3)9-7-12-25(18)21(16)27/h7,9,12-13,15H,5-6,8,10-11H2,1-4H3,(H,22,26)/t15-/m1/s1. The Morgan fingerprint density at radius 1 is 1.36 bits per heavy atom. The number of nitrogens with zero attached hydrogens (tertiary/aromatic N) is 3. The summed E-state index contributed by atoms with van der Waals surface area (Å²) in [5.74, 6) is -0.136. The largest absolute Gasteiger partial charge is 0.349 e. The molecule has 28 heavy (non-hydrogen) atoms. The van der Waals surface area contributed by atoms with Gasteiger partial charge in [0.1, 0.15) is 10.5 Å². The maximum Gasteiger partial charge on any atom is 0.266 e. The van der Waals surface area contributed by atoms with Crippen LogP contribution in [0.5, 0.6) is 0 Å². The van der Waals surface area contributed by atoms with Crippen LogP contribution in [0.4, 0.5) is 0 Å². The molecule has 1 N–H and O–H groups in total. The number of carbonyl (C=O) groups excluding carboxylic acids is 1. The van der Waals surface area contributed by atoms with Gasteiger partial charge in [-0.3, -0.25) is 14.0 Å². The van der Waals surface area contributed by atoms with Gasteiger partial charge in [0.25, 0.3) is 11.5 Å². The molecule has 0 aliphatic carbocycles. The molecule has 0 saturated heterocycles. The summed E-state index contributed by atoms with van der Waals surface area (Å²) in [5.41, 5.74) is 1.44. The van der Waals surface area contributed by atoms with Crippen molar-refractivity contribution in [3.8, 4) is 0 Å². The number of hydrogen-bond acceptors (Lipinski definition) is 5. The monoisotopic (exact) mass is 400 g/mol. The van der Waals surface area contributed by atoms with Crippen LogP contribution in [0.3, 0.4) is 0 Å². The molecular weight excluding hydrogens is 372 g/mol. The van der Waals surface area contributed by atoms with Crippen LogP contribution < -0.4 is 10.9 Å². The first-order valence-electron chi connectivity index (χ1n) is 9.89. The Bertz CT molecular complexity index is 1040. The van der Waals surface area contributed by atoms with Crippen molar-refractivity contribution in [1.82, 2.24) is 19.6 Å². The van der Waals surface area contributed by atoms with E-state index in [1.807, 2.05) is 26.0 Å². The van der Waals surface area contributed by atoms with E-state index in [1.54, 1.807) is 16.7 Å². The van der Waals surface area contributed by atoms with Gasteiger partial charge in [0.05, 0.1) is 10.3 Å². The molecule has 3 aromatic rings. The average molecular weight is 401 g/mol. The minimum Gasteiger partial charge on any atom is -0.349 e. The molecule has 0 aliphatic heterocycles. The van der Waals surface area contributed by atoms with Crippen molar-refractivity contribution in [2.75, 3.05) is 19.6 Å². The first-order chi connectivity index (χ1) is 13.4. The molecule has 0 aromatic carbocycles. The van der Waals surface area contributed by atoms with Crippen molar-refractivity contribution in [2.24, 2.45) is 0 Å². The van der Waals surface area contributed by atoms with Gasteiger partial charge < -0.3 is 10.2 Å². The first kappa shape index (κ1) is 20.5. The quantitative estimate of drug-likeness (QED) is 0.629. The van der Waals surface area contributed by atoms with Crippen LogP contribution in [-0.2, 0) is 0 Å². The zero-order valence-electron chi connectivity index (χ0n) is 17.0. The number of thiophene rings is 1. The van der Waals surface area contributed by atoms with Crippen LogP contribution in [0.15, 0.2) is 29.2 Å². The first-order valence-corrected chi connectivity index (χ1v) is 10.7. The van der Waals surface area contributed by atoms with Crippen LogP contribution in [0.25, 0.3) is 15.9 Å². The van der Waals surface area contributed by atoms with Crippen LogP contribution in [0.1, 0.15) is 48.8 Å². The fraction of sp³-hybridized carbons (Fsp3) is 0.476. The molecule has 3 rings (SSSR count). The van der Waals surface area contributed by atoms with E-state index in [0.717, 1.165) is 38.0 Å². The van der Waals surface area contributed by atoms with E-state index in [4.69, 9.17) is 0 Å². The normalized spacial score (nSPS) is 12.8. The highest BCUT2D eigenvalue weighted by molar-refractivity contribution is 7.20. The van der Waals surface area contributed by atoms with Crippen molar-refractivity contribution in [1.29, 1.82) is 0 Å². The Morgan fingerprint density at radius 2 is 2.11 bits per heavy atom. The molecule has 0 fully saturated rings. The zero-order chi connectivity index (χ0) is 20.3. The summed E-state index contributed by atoms with van der Waals surface area (Å²) in [5, 5.41) is 3.55. The van der Waals surface area contributed by atoms with Gasteiger partial charge in [0, 0.05) is 12.2 Å². The predicted octanol–water partition coefficient (Wildman–Crippen LogP) is 3.46. The molecule has 0 radical (unpaired) electrons. The van der Waals surface area contributed by atoms with E-state index >= 15 is 0 Å². The van der Waals surface area contributed by atoms with Gasteiger partial charge in [-0.1, -0.05) is 19.9 Å². The summed E-state index contributed by atoms with van der Waals surface area (Å²) < 4.78 is 1.54. The van der Waals surface area contributed by atoms with Crippen LogP contribution in [-0.4, -0.2) is 45.9 Å². The highest BCUT2D eigenvalue weighted by Gasteiger charge is 2.17. The van der Waals surface area contributed by atoms with Crippen LogP contribution in [0.2, 0.25) is 0 Å². The lowest BCUT2D eigenvalue weighted by Gasteiger charge is -2.19. The second kappa shape index (κ2) is 8.84. The Hall–Kier alpha value is -2.25. The summed E-state index contributed by atoms with van der Waals surface area (Å²) >= 11 is 1.28. The summed E-state index contributed by atoms with van der Waals surface area (Å²) in [6.45, 7) is 11.4. The number of carbonyl (C=O) groups is 1. The third-order valence-electron chi connectivity index (χ3n) is 5.14. The minimum absolute atomic E-state index is 0.0867. The second-order valence-electron chi connectivity index (χ2n) is 7.17. The molecule has 0 saturated carbocycles. The van der Waals surface area contributed by atoms with Crippen molar-refractivity contribution in [2.45, 2.75) is 46.6 Å². The highest BCUT2D eigenvalue weighted by Crippen LogP contribution is 2.23. The van der Waals surface area contributed by atoms with Crippen molar-refractivity contribution in [3.63, 3.8) is 0 Å². The maximum absolute atomic E-state index is 12.8. The Balaban J connectivity index is 1.74. The summed E-state index contributed by atoms with van der Waals surface area (Å²) in [7, 11) is 0. The Kier molecular flexibility index (Phi) is 6.46. The zero-order valence-corrected chi connectivity index (χ0v) is 17.8. The number of nitrogens with one attached hydrogen (secondary N) is 1. The smallest absolute Gasteiger partial charge is 0.266 e. The fourth-order valence-corrected chi connectivity index (χ4v) is 4.32. The predicted molar refractivity (Wildman–Crippen MR) is 116 cm³/mol. The van der Waals surface area contributed by atoms with E-state index in [2.05, 4.69) is 29.0 Å². The third kappa shape index (κ3) is 4.25. The minimum atomic E-state index is -0.136. The fourth-order valence-electron chi connectivity index (χ4n) is 3.40. The van der Waals surface area contributed by atoms with Crippen molar-refractivity contribution < 1.29 is 4.79 Å². The molecule has 0 unspecified atom stereocenters. The van der Waals surface area contributed by atoms with Crippen LogP contribution in [0, 0.1) is 6.92 Å². The molecule has 3 aromatic heterocycles. The molecule has 3 heterocycles. The topological polar surface area (TPSA) is 66.7 Å². The lowest BCUT2D eigenvalue weighted by atomic mass is 10.1. The molecule has 0 bridgehead atoms. The molecule has 7 heteroatoms. The molecule has 1 atom stereocenters. The third-order valence-corrected chi connectivity index (χ3v) is 6.17. The van der Waals surface area contributed by atoms with Gasteiger partial charge in [0.2, 0.25) is 0 Å². The van der Waals surface area contributed by atoms with Gasteiger partial charge in [-0.25, -0.2) is 4.98 Å². The van der Waals surface area contributed by atoms with Crippen molar-refractivity contribution >= 4 is 33.1 Å². The van der Waals surface area contributed by atoms with E-state index in [0.29, 0.717) is 20.7 Å². The van der Waals surface area contributed by atoms with E-state index < -0.39 is 0 Å². The van der Waals surface area contributed by atoms with Gasteiger partial charge in [-0.15, -0.1) is 11.3 Å². The van der Waals surface area contributed by atoms with E-state index in [1.165, 1.54) is 11.3 Å². The number of rotatable bonds is 8. The lowest BCUT2D eigenvalue weighted by Crippen LogP contribution is -2.33. The number of aryl methyl sites for hydroxylation is 1. The lowest BCUT2D eigenvalue weighted by molar-refractivity contribution is 0.0941. The number of aromatic nitrogens is 2. The van der Waals surface area contributed by atoms with Crippen LogP contribution >= 0.6 is 11.3 Å². The van der Waals surface area contributed by atoms with Gasteiger partial charge in [-0.2, -0.15) is 0 Å². The molecule has 1 amide bonds. The molecule has 150 valence electrons. The van der Waals surface area contributed by atoms with Crippen molar-refractivity contribution in [3.05, 3.63) is 45.2 Å². The molecule has 6 nitrogen and oxygen atoms in total. The highest BCUT2D eigenvalue weighted by atomic mass is 32.1. The van der Waals surface area contributed by atoms with Gasteiger partial charge in [0.15, 0.2) is 0 Å². The Morgan fingerprint density at radius 3 is 2.82 bits per heavy atom.